The number of aliphatic hydroxyl groups is 1. The number of fused-ring (bicyclic) bond motifs is 3. The predicted molar refractivity (Wildman–Crippen MR) is 61.4 cm³/mol. The molecule has 0 saturated carbocycles. The predicted octanol–water partition coefficient (Wildman–Crippen LogP) is 1.75. The summed E-state index contributed by atoms with van der Waals surface area (Å²) in [6.45, 7) is 0. The lowest BCUT2D eigenvalue weighted by Crippen LogP contribution is -2.27. The summed E-state index contributed by atoms with van der Waals surface area (Å²) in [5.74, 6) is 0. The van der Waals surface area contributed by atoms with Crippen molar-refractivity contribution in [2.24, 2.45) is 10.1 Å². The Hall–Kier alpha value is -1.94. The lowest BCUT2D eigenvalue weighted by atomic mass is 9.90. The molecule has 2 N–H and O–H groups in total. The fraction of sp³-hybridized carbons (Fsp3) is 0.167. The number of allylic oxidation sites excluding steroid dienone is 1. The maximum absolute atomic E-state index is 9.89. The molecule has 16 heavy (non-hydrogen) atoms. The van der Waals surface area contributed by atoms with E-state index in [2.05, 4.69) is 10.1 Å². The van der Waals surface area contributed by atoms with Crippen LogP contribution < -0.4 is 0 Å². The SMILES string of the molecule is ON=C1C=C2C(=Nc3ccccc32)C(O)C1. The highest BCUT2D eigenvalue weighted by Crippen LogP contribution is 2.37. The summed E-state index contributed by atoms with van der Waals surface area (Å²) in [5.41, 5.74) is 3.87. The Morgan fingerprint density at radius 2 is 2.12 bits per heavy atom. The van der Waals surface area contributed by atoms with E-state index in [4.69, 9.17) is 5.21 Å². The van der Waals surface area contributed by atoms with Crippen LogP contribution in [0.4, 0.5) is 5.69 Å². The molecule has 0 bridgehead atoms. The largest absolute Gasteiger partial charge is 0.411 e. The molecule has 0 aromatic heterocycles. The summed E-state index contributed by atoms with van der Waals surface area (Å²) in [7, 11) is 0. The summed E-state index contributed by atoms with van der Waals surface area (Å²) in [4.78, 5) is 4.39. The number of hydrogen-bond donors (Lipinski definition) is 2. The van der Waals surface area contributed by atoms with Crippen molar-refractivity contribution in [2.45, 2.75) is 12.5 Å². The van der Waals surface area contributed by atoms with Crippen LogP contribution in [0.1, 0.15) is 12.0 Å². The van der Waals surface area contributed by atoms with Crippen molar-refractivity contribution in [1.82, 2.24) is 0 Å². The Labute approximate surface area is 92.3 Å². The number of benzene rings is 1. The molecule has 4 nitrogen and oxygen atoms in total. The number of rotatable bonds is 0. The number of hydrogen-bond acceptors (Lipinski definition) is 4. The Balaban J connectivity index is 2.21. The molecule has 3 rings (SSSR count). The summed E-state index contributed by atoms with van der Waals surface area (Å²) in [6.07, 6.45) is 1.41. The smallest absolute Gasteiger partial charge is 0.102 e. The molecule has 1 unspecified atom stereocenters. The highest BCUT2D eigenvalue weighted by atomic mass is 16.4. The van der Waals surface area contributed by atoms with Crippen LogP contribution in [0.25, 0.3) is 5.57 Å². The molecular formula is C12H10N2O2. The minimum absolute atomic E-state index is 0.312. The van der Waals surface area contributed by atoms with E-state index in [1.165, 1.54) is 0 Å². The minimum atomic E-state index is -0.682. The molecular weight excluding hydrogens is 204 g/mol. The summed E-state index contributed by atoms with van der Waals surface area (Å²) < 4.78 is 0. The van der Waals surface area contributed by atoms with Gasteiger partial charge < -0.3 is 10.3 Å². The second-order valence-electron chi connectivity index (χ2n) is 3.88. The second kappa shape index (κ2) is 3.28. The summed E-state index contributed by atoms with van der Waals surface area (Å²) in [6, 6.07) is 7.69. The topological polar surface area (TPSA) is 65.2 Å². The molecule has 0 radical (unpaired) electrons. The van der Waals surface area contributed by atoms with Crippen molar-refractivity contribution < 1.29 is 10.3 Å². The van der Waals surface area contributed by atoms with Crippen molar-refractivity contribution in [2.75, 3.05) is 0 Å². The molecule has 4 heteroatoms. The lowest BCUT2D eigenvalue weighted by Gasteiger charge is -2.17. The molecule has 0 fully saturated rings. The van der Waals surface area contributed by atoms with Crippen LogP contribution in [0.5, 0.6) is 0 Å². The number of oxime groups is 1. The van der Waals surface area contributed by atoms with Gasteiger partial charge in [0.05, 0.1) is 17.1 Å². The molecule has 80 valence electrons. The van der Waals surface area contributed by atoms with E-state index in [9.17, 15) is 5.11 Å². The number of aliphatic imine (C=N–C) groups is 1. The van der Waals surface area contributed by atoms with Gasteiger partial charge in [-0.3, -0.25) is 0 Å². The average molecular weight is 214 g/mol. The van der Waals surface area contributed by atoms with Gasteiger partial charge in [0.1, 0.15) is 6.10 Å². The normalized spacial score (nSPS) is 24.8. The zero-order valence-electron chi connectivity index (χ0n) is 8.46. The maximum Gasteiger partial charge on any atom is 0.102 e. The molecule has 1 aromatic carbocycles. The van der Waals surface area contributed by atoms with Gasteiger partial charge in [0.15, 0.2) is 0 Å². The van der Waals surface area contributed by atoms with Crippen molar-refractivity contribution >= 4 is 22.7 Å². The molecule has 1 aromatic rings. The third-order valence-corrected chi connectivity index (χ3v) is 2.87. The molecule has 1 atom stereocenters. The Morgan fingerprint density at radius 3 is 2.94 bits per heavy atom. The first-order valence-electron chi connectivity index (χ1n) is 5.08. The van der Waals surface area contributed by atoms with Gasteiger partial charge in [-0.2, -0.15) is 0 Å². The number of para-hydroxylation sites is 1. The quantitative estimate of drug-likeness (QED) is 0.510. The van der Waals surface area contributed by atoms with Crippen molar-refractivity contribution in [3.63, 3.8) is 0 Å². The second-order valence-corrected chi connectivity index (χ2v) is 3.88. The number of aliphatic hydroxyl groups excluding tert-OH is 1. The van der Waals surface area contributed by atoms with E-state index in [1.807, 2.05) is 24.3 Å². The third kappa shape index (κ3) is 1.20. The van der Waals surface area contributed by atoms with Gasteiger partial charge in [-0.25, -0.2) is 4.99 Å². The fourth-order valence-corrected chi connectivity index (χ4v) is 2.12. The zero-order valence-corrected chi connectivity index (χ0v) is 8.46. The maximum atomic E-state index is 9.89. The summed E-state index contributed by atoms with van der Waals surface area (Å²) in [5, 5.41) is 21.8. The van der Waals surface area contributed by atoms with Gasteiger partial charge in [-0.05, 0) is 12.1 Å². The van der Waals surface area contributed by atoms with Crippen molar-refractivity contribution in [1.29, 1.82) is 0 Å². The Bertz CT molecular complexity index is 544. The van der Waals surface area contributed by atoms with Crippen LogP contribution in [-0.2, 0) is 0 Å². The van der Waals surface area contributed by atoms with Gasteiger partial charge in [0, 0.05) is 17.6 Å². The fourth-order valence-electron chi connectivity index (χ4n) is 2.12. The number of nitrogens with zero attached hydrogens (tertiary/aromatic N) is 2. The summed E-state index contributed by atoms with van der Waals surface area (Å²) >= 11 is 0. The third-order valence-electron chi connectivity index (χ3n) is 2.87. The first kappa shape index (κ1) is 9.30. The van der Waals surface area contributed by atoms with Crippen molar-refractivity contribution in [3.05, 3.63) is 35.9 Å². The zero-order chi connectivity index (χ0) is 11.1. The van der Waals surface area contributed by atoms with Crippen LogP contribution in [0.3, 0.4) is 0 Å². The van der Waals surface area contributed by atoms with E-state index in [0.717, 1.165) is 16.8 Å². The molecule has 0 saturated heterocycles. The van der Waals surface area contributed by atoms with Crippen LogP contribution in [0.2, 0.25) is 0 Å². The van der Waals surface area contributed by atoms with Gasteiger partial charge in [0.25, 0.3) is 0 Å². The molecule has 1 aliphatic heterocycles. The Kier molecular flexibility index (Phi) is 1.91. The van der Waals surface area contributed by atoms with Gasteiger partial charge in [-0.1, -0.05) is 23.4 Å². The van der Waals surface area contributed by atoms with Gasteiger partial charge in [0.2, 0.25) is 0 Å². The first-order chi connectivity index (χ1) is 7.79. The Morgan fingerprint density at radius 1 is 1.31 bits per heavy atom. The van der Waals surface area contributed by atoms with Crippen LogP contribution in [-0.4, -0.2) is 27.8 Å². The highest BCUT2D eigenvalue weighted by Gasteiger charge is 2.30. The first-order valence-corrected chi connectivity index (χ1v) is 5.08. The van der Waals surface area contributed by atoms with E-state index in [0.29, 0.717) is 17.8 Å². The van der Waals surface area contributed by atoms with E-state index < -0.39 is 6.10 Å². The van der Waals surface area contributed by atoms with Gasteiger partial charge >= 0.3 is 0 Å². The highest BCUT2D eigenvalue weighted by molar-refractivity contribution is 6.36. The van der Waals surface area contributed by atoms with Crippen LogP contribution in [0, 0.1) is 0 Å². The van der Waals surface area contributed by atoms with E-state index in [-0.39, 0.29) is 0 Å². The molecule has 0 spiro atoms. The molecule has 1 heterocycles. The van der Waals surface area contributed by atoms with Crippen molar-refractivity contribution in [3.8, 4) is 0 Å². The van der Waals surface area contributed by atoms with E-state index >= 15 is 0 Å². The van der Waals surface area contributed by atoms with Crippen LogP contribution in [0.15, 0.2) is 40.5 Å². The monoisotopic (exact) mass is 214 g/mol. The van der Waals surface area contributed by atoms with Crippen LogP contribution >= 0.6 is 0 Å². The minimum Gasteiger partial charge on any atom is -0.411 e. The average Bonchev–Trinajstić information content (AvgIpc) is 2.68. The standard InChI is InChI=1S/C12H10N2O2/c15-11-6-7(14-16)5-9-8-3-1-2-4-10(8)13-12(9)11/h1-5,11,15-16H,6H2. The molecule has 2 aliphatic rings. The van der Waals surface area contributed by atoms with Gasteiger partial charge in [-0.15, -0.1) is 0 Å². The van der Waals surface area contributed by atoms with E-state index in [1.54, 1.807) is 6.08 Å². The lowest BCUT2D eigenvalue weighted by molar-refractivity contribution is 0.247. The molecule has 1 aliphatic carbocycles. The molecule has 0 amide bonds.